The zero-order valence-corrected chi connectivity index (χ0v) is 22.3. The van der Waals surface area contributed by atoms with Gasteiger partial charge in [0.1, 0.15) is 24.8 Å². The average Bonchev–Trinajstić information content (AvgIpc) is 2.71. The van der Waals surface area contributed by atoms with Crippen LogP contribution < -0.4 is 10.6 Å². The number of alkyl carbamates (subject to hydrolysis) is 2. The van der Waals surface area contributed by atoms with Gasteiger partial charge in [-0.15, -0.1) is 0 Å². The van der Waals surface area contributed by atoms with Crippen molar-refractivity contribution in [2.24, 2.45) is 0 Å². The Morgan fingerprint density at radius 1 is 0.838 bits per heavy atom. The molecule has 37 heavy (non-hydrogen) atoms. The summed E-state index contributed by atoms with van der Waals surface area (Å²) in [7, 11) is 3.10. The predicted molar refractivity (Wildman–Crippen MR) is 138 cm³/mol. The summed E-state index contributed by atoms with van der Waals surface area (Å²) in [5, 5.41) is 14.3. The summed E-state index contributed by atoms with van der Waals surface area (Å²) in [6.45, 7) is 12.6. The third-order valence-electron chi connectivity index (χ3n) is 3.09. The van der Waals surface area contributed by atoms with E-state index in [4.69, 9.17) is 43.1 Å². The maximum atomic E-state index is 11.4. The van der Waals surface area contributed by atoms with Gasteiger partial charge in [-0.3, -0.25) is 0 Å². The van der Waals surface area contributed by atoms with Gasteiger partial charge in [-0.2, -0.15) is 9.59 Å². The zero-order valence-electron chi connectivity index (χ0n) is 22.3. The van der Waals surface area contributed by atoms with Crippen LogP contribution in [0.4, 0.5) is 9.59 Å². The van der Waals surface area contributed by atoms with Gasteiger partial charge in [0.2, 0.25) is 0 Å². The first kappa shape index (κ1) is 44.7. The van der Waals surface area contributed by atoms with Gasteiger partial charge >= 0.3 is 18.3 Å². The first-order chi connectivity index (χ1) is 16.3. The molecule has 0 spiro atoms. The van der Waals surface area contributed by atoms with E-state index in [1.165, 1.54) is 7.11 Å². The highest BCUT2D eigenvalue weighted by Gasteiger charge is 2.19. The maximum Gasteiger partial charge on any atom is 0.407 e. The smallest absolute Gasteiger partial charge is 0.407 e. The Kier molecular flexibility index (Phi) is 34.2. The Hall–Kier alpha value is -2.28. The van der Waals surface area contributed by atoms with Crippen LogP contribution in [0, 0.1) is 0 Å². The van der Waals surface area contributed by atoms with E-state index in [2.05, 4.69) is 10.6 Å². The van der Waals surface area contributed by atoms with Gasteiger partial charge in [-0.1, -0.05) is 14.9 Å². The normalized spacial score (nSPS) is 10.8. The third kappa shape index (κ3) is 44.2. The van der Waals surface area contributed by atoms with Crippen LogP contribution in [-0.2, 0) is 38.0 Å². The summed E-state index contributed by atoms with van der Waals surface area (Å²) < 4.78 is 29.7. The van der Waals surface area contributed by atoms with Crippen molar-refractivity contribution in [3.8, 4) is 0 Å². The van der Waals surface area contributed by atoms with Gasteiger partial charge in [0.05, 0.1) is 25.9 Å². The fourth-order valence-corrected chi connectivity index (χ4v) is 1.87. The number of ether oxygens (including phenoxy) is 6. The van der Waals surface area contributed by atoms with E-state index in [-0.39, 0.29) is 47.2 Å². The lowest BCUT2D eigenvalue weighted by atomic mass is 10.2. The fraction of sp³-hybridized carbons (Fsp3) is 0.875. The van der Waals surface area contributed by atoms with Crippen molar-refractivity contribution in [1.82, 2.24) is 10.6 Å². The van der Waals surface area contributed by atoms with E-state index in [1.54, 1.807) is 27.9 Å². The molecule has 0 radical (unpaired) electrons. The van der Waals surface area contributed by atoms with Crippen LogP contribution in [0.5, 0.6) is 0 Å². The number of methoxy groups -OCH3 is 2. The largest absolute Gasteiger partial charge is 0.444 e. The van der Waals surface area contributed by atoms with Crippen molar-refractivity contribution in [3.63, 3.8) is 0 Å². The number of hydrogen-bond donors (Lipinski definition) is 3. The molecule has 0 aromatic rings. The first-order valence-electron chi connectivity index (χ1n) is 11.0. The molecule has 0 saturated carbocycles. The quantitative estimate of drug-likeness (QED) is 0.230. The summed E-state index contributed by atoms with van der Waals surface area (Å²) >= 11 is 0. The standard InChI is InChI=1S/C11H23NO5.C10H21NO4.CO2.2CH4/c1-11(2,3)17-10(14)12-9(7-13)5-6-16-8-15-4;1-10(2,3)15-9(12)11-6-5-7-14-8-13-4;2-1-3;;/h9,13H,5-8H2,1-4H3,(H,12,14);5-8H2,1-4H3,(H,11,12);;2*1H4/t9-;;;;/m0..../s1. The molecule has 13 nitrogen and oxygen atoms in total. The SMILES string of the molecule is C.C.COCOCCCNC(=O)OC(C)(C)C.COCOCC[C@@H](CO)NC(=O)OC(C)(C)C.O=C=O. The summed E-state index contributed by atoms with van der Waals surface area (Å²) in [6, 6.07) is -0.373. The van der Waals surface area contributed by atoms with E-state index >= 15 is 0 Å². The molecule has 0 aliphatic carbocycles. The highest BCUT2D eigenvalue weighted by molar-refractivity contribution is 5.68. The lowest BCUT2D eigenvalue weighted by molar-refractivity contribution is -0.191. The van der Waals surface area contributed by atoms with E-state index in [0.29, 0.717) is 26.2 Å². The number of carbonyl (C=O) groups is 2. The Morgan fingerprint density at radius 2 is 1.27 bits per heavy atom. The first-order valence-corrected chi connectivity index (χ1v) is 11.0. The van der Waals surface area contributed by atoms with Crippen LogP contribution in [0.25, 0.3) is 0 Å². The van der Waals surface area contributed by atoms with Gasteiger partial charge in [0.15, 0.2) is 0 Å². The van der Waals surface area contributed by atoms with Crippen LogP contribution in [0.1, 0.15) is 69.2 Å². The van der Waals surface area contributed by atoms with Crippen LogP contribution in [0.3, 0.4) is 0 Å². The van der Waals surface area contributed by atoms with Crippen LogP contribution in [-0.4, -0.2) is 94.9 Å². The molecular weight excluding hydrogens is 492 g/mol. The Morgan fingerprint density at radius 3 is 1.68 bits per heavy atom. The van der Waals surface area contributed by atoms with Crippen LogP contribution in [0.15, 0.2) is 0 Å². The maximum absolute atomic E-state index is 11.4. The molecule has 0 bridgehead atoms. The molecule has 2 amide bonds. The minimum absolute atomic E-state index is 0. The van der Waals surface area contributed by atoms with Gasteiger partial charge in [-0.25, -0.2) is 9.59 Å². The summed E-state index contributed by atoms with van der Waals surface area (Å²) in [4.78, 5) is 38.8. The molecule has 0 aliphatic heterocycles. The molecule has 1 atom stereocenters. The molecule has 13 heteroatoms. The second kappa shape index (κ2) is 28.3. The number of hydrogen-bond acceptors (Lipinski definition) is 11. The second-order valence-electron chi connectivity index (χ2n) is 8.81. The molecule has 3 N–H and O–H groups in total. The van der Waals surface area contributed by atoms with E-state index in [9.17, 15) is 9.59 Å². The molecule has 0 fully saturated rings. The van der Waals surface area contributed by atoms with Crippen molar-refractivity contribution < 1.29 is 52.7 Å². The Balaban J connectivity index is -0.000000159. The molecule has 0 heterocycles. The molecule has 0 aliphatic rings. The van der Waals surface area contributed by atoms with E-state index in [0.717, 1.165) is 6.42 Å². The zero-order chi connectivity index (χ0) is 27.8. The van der Waals surface area contributed by atoms with Crippen LogP contribution in [0.2, 0.25) is 0 Å². The van der Waals surface area contributed by atoms with Crippen molar-refractivity contribution in [3.05, 3.63) is 0 Å². The van der Waals surface area contributed by atoms with Crippen molar-refractivity contribution in [2.45, 2.75) is 86.5 Å². The van der Waals surface area contributed by atoms with Crippen molar-refractivity contribution >= 4 is 18.3 Å². The lowest BCUT2D eigenvalue weighted by Crippen LogP contribution is -2.41. The van der Waals surface area contributed by atoms with Crippen LogP contribution >= 0.6 is 0 Å². The lowest BCUT2D eigenvalue weighted by Gasteiger charge is -2.22. The number of carbonyl (C=O) groups excluding carboxylic acids is 4. The highest BCUT2D eigenvalue weighted by Crippen LogP contribution is 2.07. The molecule has 0 rings (SSSR count). The van der Waals surface area contributed by atoms with Gasteiger partial charge in [-0.05, 0) is 54.4 Å². The molecule has 0 saturated heterocycles. The number of aliphatic hydroxyl groups excluding tert-OH is 1. The monoisotopic (exact) mass is 544 g/mol. The topological polar surface area (TPSA) is 168 Å². The average molecular weight is 545 g/mol. The molecule has 0 aromatic carbocycles. The Bertz CT molecular complexity index is 556. The molecule has 0 aromatic heterocycles. The predicted octanol–water partition coefficient (Wildman–Crippen LogP) is 3.09. The molecular formula is C24H52N2O11. The summed E-state index contributed by atoms with van der Waals surface area (Å²) in [5.74, 6) is 0. The molecule has 0 unspecified atom stereocenters. The third-order valence-corrected chi connectivity index (χ3v) is 3.09. The van der Waals surface area contributed by atoms with E-state index in [1.807, 2.05) is 20.8 Å². The summed E-state index contributed by atoms with van der Waals surface area (Å²) in [6.07, 6.45) is 0.555. The fourth-order valence-electron chi connectivity index (χ4n) is 1.87. The highest BCUT2D eigenvalue weighted by atomic mass is 16.7. The van der Waals surface area contributed by atoms with Gasteiger partial charge in [0.25, 0.3) is 0 Å². The van der Waals surface area contributed by atoms with Crippen molar-refractivity contribution in [2.75, 3.05) is 54.2 Å². The van der Waals surface area contributed by atoms with Gasteiger partial charge in [0, 0.05) is 20.8 Å². The number of nitrogens with one attached hydrogen (secondary N) is 2. The van der Waals surface area contributed by atoms with Gasteiger partial charge < -0.3 is 44.2 Å². The Labute approximate surface area is 222 Å². The van der Waals surface area contributed by atoms with E-state index < -0.39 is 23.4 Å². The van der Waals surface area contributed by atoms with Crippen molar-refractivity contribution in [1.29, 1.82) is 0 Å². The molecule has 224 valence electrons. The minimum Gasteiger partial charge on any atom is -0.444 e. The number of amides is 2. The number of rotatable bonds is 13. The second-order valence-corrected chi connectivity index (χ2v) is 8.81. The summed E-state index contributed by atoms with van der Waals surface area (Å²) in [5.41, 5.74) is -0.993. The number of aliphatic hydroxyl groups is 1. The minimum atomic E-state index is -0.545.